The molecular formula is C22H28N4O. The van der Waals surface area contributed by atoms with Gasteiger partial charge in [0, 0.05) is 37.8 Å². The summed E-state index contributed by atoms with van der Waals surface area (Å²) < 4.78 is 0. The molecule has 0 aliphatic carbocycles. The van der Waals surface area contributed by atoms with Gasteiger partial charge in [0.2, 0.25) is 5.91 Å². The lowest BCUT2D eigenvalue weighted by Gasteiger charge is -2.33. The Bertz CT molecular complexity index is 847. The zero-order valence-electron chi connectivity index (χ0n) is 16.6. The highest BCUT2D eigenvalue weighted by molar-refractivity contribution is 6.02. The fourth-order valence-corrected chi connectivity index (χ4v) is 3.28. The number of carbonyl (C=O) groups excluding carboxylic acids is 1. The van der Waals surface area contributed by atoms with Crippen LogP contribution in [-0.2, 0) is 4.79 Å². The standard InChI is InChI=1S/C22H28N4O/c1-16(2)13-22(27)24-20-15-23-21(26-11-9-25(4)10-12-26)14-19(20)18-8-6-5-7-17(18)3/h5-8,13-15H,9-12H2,1-4H3,(H,24,27). The second kappa shape index (κ2) is 8.35. The maximum atomic E-state index is 12.3. The molecule has 2 aromatic rings. The number of hydrogen-bond acceptors (Lipinski definition) is 4. The van der Waals surface area contributed by atoms with E-state index in [0.717, 1.165) is 54.4 Å². The number of rotatable bonds is 4. The van der Waals surface area contributed by atoms with Gasteiger partial charge in [-0.15, -0.1) is 0 Å². The molecule has 0 radical (unpaired) electrons. The molecule has 1 aliphatic heterocycles. The largest absolute Gasteiger partial charge is 0.354 e. The van der Waals surface area contributed by atoms with Crippen molar-refractivity contribution in [1.29, 1.82) is 0 Å². The van der Waals surface area contributed by atoms with Crippen LogP contribution in [0.5, 0.6) is 0 Å². The van der Waals surface area contributed by atoms with E-state index in [1.165, 1.54) is 5.56 Å². The molecule has 0 spiro atoms. The monoisotopic (exact) mass is 364 g/mol. The van der Waals surface area contributed by atoms with Gasteiger partial charge in [0.25, 0.3) is 0 Å². The summed E-state index contributed by atoms with van der Waals surface area (Å²) in [4.78, 5) is 21.6. The van der Waals surface area contributed by atoms with Crippen LogP contribution in [0.4, 0.5) is 11.5 Å². The van der Waals surface area contributed by atoms with Gasteiger partial charge in [-0.25, -0.2) is 4.98 Å². The highest BCUT2D eigenvalue weighted by Gasteiger charge is 2.18. The van der Waals surface area contributed by atoms with E-state index in [1.54, 1.807) is 12.3 Å². The van der Waals surface area contributed by atoms with Crippen molar-refractivity contribution in [3.63, 3.8) is 0 Å². The molecule has 0 unspecified atom stereocenters. The number of benzene rings is 1. The molecule has 1 N–H and O–H groups in total. The van der Waals surface area contributed by atoms with E-state index in [-0.39, 0.29) is 5.91 Å². The number of nitrogens with zero attached hydrogens (tertiary/aromatic N) is 3. The molecule has 3 rings (SSSR count). The van der Waals surface area contributed by atoms with E-state index in [0.29, 0.717) is 0 Å². The Morgan fingerprint density at radius 2 is 1.81 bits per heavy atom. The topological polar surface area (TPSA) is 48.5 Å². The summed E-state index contributed by atoms with van der Waals surface area (Å²) in [5.41, 5.74) is 5.00. The summed E-state index contributed by atoms with van der Waals surface area (Å²) in [6, 6.07) is 10.3. The summed E-state index contributed by atoms with van der Waals surface area (Å²) in [6.07, 6.45) is 3.39. The van der Waals surface area contributed by atoms with Crippen molar-refractivity contribution < 1.29 is 4.79 Å². The molecule has 0 bridgehead atoms. The first-order valence-corrected chi connectivity index (χ1v) is 9.39. The second-order valence-electron chi connectivity index (χ2n) is 7.40. The number of amides is 1. The number of anilines is 2. The minimum Gasteiger partial charge on any atom is -0.354 e. The minimum atomic E-state index is -0.126. The smallest absolute Gasteiger partial charge is 0.248 e. The summed E-state index contributed by atoms with van der Waals surface area (Å²) in [5.74, 6) is 0.834. The first-order chi connectivity index (χ1) is 12.9. The van der Waals surface area contributed by atoms with E-state index in [9.17, 15) is 4.79 Å². The number of nitrogens with one attached hydrogen (secondary N) is 1. The molecule has 142 valence electrons. The Morgan fingerprint density at radius 1 is 1.11 bits per heavy atom. The van der Waals surface area contributed by atoms with E-state index >= 15 is 0 Å². The molecule has 1 aliphatic rings. The van der Waals surface area contributed by atoms with Crippen LogP contribution in [0.2, 0.25) is 0 Å². The SMILES string of the molecule is CC(C)=CC(=O)Nc1cnc(N2CCN(C)CC2)cc1-c1ccccc1C. The van der Waals surface area contributed by atoms with Gasteiger partial charge in [0.1, 0.15) is 5.82 Å². The van der Waals surface area contributed by atoms with Gasteiger partial charge >= 0.3 is 0 Å². The van der Waals surface area contributed by atoms with Crippen LogP contribution in [-0.4, -0.2) is 49.0 Å². The van der Waals surface area contributed by atoms with Crippen molar-refractivity contribution in [2.75, 3.05) is 43.4 Å². The summed E-state index contributed by atoms with van der Waals surface area (Å²) in [5, 5.41) is 3.00. The van der Waals surface area contributed by atoms with Gasteiger partial charge in [-0.1, -0.05) is 29.8 Å². The number of pyridine rings is 1. The van der Waals surface area contributed by atoms with Crippen molar-refractivity contribution in [3.8, 4) is 11.1 Å². The fourth-order valence-electron chi connectivity index (χ4n) is 3.28. The third kappa shape index (κ3) is 4.74. The Balaban J connectivity index is 1.99. The average molecular weight is 364 g/mol. The lowest BCUT2D eigenvalue weighted by atomic mass is 9.99. The third-order valence-corrected chi connectivity index (χ3v) is 4.83. The van der Waals surface area contributed by atoms with Gasteiger partial charge in [0.15, 0.2) is 0 Å². The molecule has 1 fully saturated rings. The molecule has 1 amide bonds. The van der Waals surface area contributed by atoms with Gasteiger partial charge in [-0.05, 0) is 45.0 Å². The first-order valence-electron chi connectivity index (χ1n) is 9.39. The normalized spacial score (nSPS) is 14.7. The van der Waals surface area contributed by atoms with Crippen molar-refractivity contribution in [2.24, 2.45) is 0 Å². The molecule has 5 heteroatoms. The molecular weight excluding hydrogens is 336 g/mol. The van der Waals surface area contributed by atoms with Crippen LogP contribution < -0.4 is 10.2 Å². The number of likely N-dealkylation sites (N-methyl/N-ethyl adjacent to an activating group) is 1. The van der Waals surface area contributed by atoms with Crippen LogP contribution >= 0.6 is 0 Å². The lowest BCUT2D eigenvalue weighted by Crippen LogP contribution is -2.44. The van der Waals surface area contributed by atoms with E-state index < -0.39 is 0 Å². The molecule has 27 heavy (non-hydrogen) atoms. The maximum Gasteiger partial charge on any atom is 0.248 e. The molecule has 5 nitrogen and oxygen atoms in total. The number of carbonyl (C=O) groups is 1. The molecule has 1 saturated heterocycles. The van der Waals surface area contributed by atoms with E-state index in [1.807, 2.05) is 26.0 Å². The van der Waals surface area contributed by atoms with Gasteiger partial charge in [-0.3, -0.25) is 4.79 Å². The highest BCUT2D eigenvalue weighted by Crippen LogP contribution is 2.33. The molecule has 1 aromatic heterocycles. The maximum absolute atomic E-state index is 12.3. The summed E-state index contributed by atoms with van der Waals surface area (Å²) >= 11 is 0. The van der Waals surface area contributed by atoms with Crippen LogP contribution in [0.1, 0.15) is 19.4 Å². The molecule has 0 saturated carbocycles. The lowest BCUT2D eigenvalue weighted by molar-refractivity contribution is -0.111. The minimum absolute atomic E-state index is 0.126. The second-order valence-corrected chi connectivity index (χ2v) is 7.40. The zero-order valence-corrected chi connectivity index (χ0v) is 16.6. The van der Waals surface area contributed by atoms with Crippen LogP contribution in [0.25, 0.3) is 11.1 Å². The summed E-state index contributed by atoms with van der Waals surface area (Å²) in [6.45, 7) is 9.89. The molecule has 0 atom stereocenters. The predicted octanol–water partition coefficient (Wildman–Crippen LogP) is 3.71. The predicted molar refractivity (Wildman–Crippen MR) is 112 cm³/mol. The Hall–Kier alpha value is -2.66. The van der Waals surface area contributed by atoms with Crippen LogP contribution in [0, 0.1) is 6.92 Å². The first kappa shape index (κ1) is 19.1. The number of piperazine rings is 1. The van der Waals surface area contributed by atoms with Crippen LogP contribution in [0.3, 0.4) is 0 Å². The van der Waals surface area contributed by atoms with Gasteiger partial charge in [0.05, 0.1) is 11.9 Å². The number of aromatic nitrogens is 1. The van der Waals surface area contributed by atoms with Crippen molar-refractivity contribution in [3.05, 3.63) is 53.7 Å². The van der Waals surface area contributed by atoms with Crippen molar-refractivity contribution >= 4 is 17.4 Å². The number of aryl methyl sites for hydroxylation is 1. The highest BCUT2D eigenvalue weighted by atomic mass is 16.1. The average Bonchev–Trinajstić information content (AvgIpc) is 2.63. The Kier molecular flexibility index (Phi) is 5.91. The van der Waals surface area contributed by atoms with E-state index in [2.05, 4.69) is 52.3 Å². The molecule has 1 aromatic carbocycles. The van der Waals surface area contributed by atoms with Crippen molar-refractivity contribution in [2.45, 2.75) is 20.8 Å². The van der Waals surface area contributed by atoms with Crippen LogP contribution in [0.15, 0.2) is 48.2 Å². The Morgan fingerprint density at radius 3 is 2.48 bits per heavy atom. The fraction of sp³-hybridized carbons (Fsp3) is 0.364. The number of hydrogen-bond donors (Lipinski definition) is 1. The van der Waals surface area contributed by atoms with Gasteiger partial charge < -0.3 is 15.1 Å². The van der Waals surface area contributed by atoms with Crippen molar-refractivity contribution in [1.82, 2.24) is 9.88 Å². The van der Waals surface area contributed by atoms with E-state index in [4.69, 9.17) is 0 Å². The number of allylic oxidation sites excluding steroid dienone is 1. The van der Waals surface area contributed by atoms with Gasteiger partial charge in [-0.2, -0.15) is 0 Å². The third-order valence-electron chi connectivity index (χ3n) is 4.83. The summed E-state index contributed by atoms with van der Waals surface area (Å²) in [7, 11) is 2.14. The Labute approximate surface area is 161 Å². The zero-order chi connectivity index (χ0) is 19.4. The quantitative estimate of drug-likeness (QED) is 0.840. The molecule has 2 heterocycles.